The molecule has 0 amide bonds. The summed E-state index contributed by atoms with van der Waals surface area (Å²) in [7, 11) is 0. The molecular formula is C12H11NO. The van der Waals surface area contributed by atoms with Gasteiger partial charge in [-0.2, -0.15) is 0 Å². The highest BCUT2D eigenvalue weighted by Gasteiger charge is 2.03. The molecule has 0 aliphatic heterocycles. The zero-order chi connectivity index (χ0) is 9.97. The predicted molar refractivity (Wildman–Crippen MR) is 56.9 cm³/mol. The average molecular weight is 185 g/mol. The maximum absolute atomic E-state index is 10.5. The van der Waals surface area contributed by atoms with Crippen molar-refractivity contribution in [1.82, 2.24) is 0 Å². The largest absolute Gasteiger partial charge is 0.318 e. The van der Waals surface area contributed by atoms with Crippen molar-refractivity contribution in [2.75, 3.05) is 0 Å². The minimum absolute atomic E-state index is 0.514. The van der Waals surface area contributed by atoms with Crippen LogP contribution < -0.4 is 5.73 Å². The van der Waals surface area contributed by atoms with Gasteiger partial charge in [-0.1, -0.05) is 36.4 Å². The molecular weight excluding hydrogens is 174 g/mol. The van der Waals surface area contributed by atoms with Gasteiger partial charge in [0.2, 0.25) is 0 Å². The summed E-state index contributed by atoms with van der Waals surface area (Å²) in [6, 6.07) is 13.3. The lowest BCUT2D eigenvalue weighted by atomic mass is 10.0. The van der Waals surface area contributed by atoms with E-state index < -0.39 is 6.04 Å². The number of hydrogen-bond donors (Lipinski definition) is 1. The lowest BCUT2D eigenvalue weighted by Crippen LogP contribution is -2.10. The summed E-state index contributed by atoms with van der Waals surface area (Å²) in [6.07, 6.45) is 0.754. The Balaban J connectivity index is 2.56. The van der Waals surface area contributed by atoms with Crippen molar-refractivity contribution in [1.29, 1.82) is 0 Å². The zero-order valence-electron chi connectivity index (χ0n) is 7.68. The van der Waals surface area contributed by atoms with Crippen LogP contribution in [-0.4, -0.2) is 6.29 Å². The Bertz CT molecular complexity index is 465. The van der Waals surface area contributed by atoms with Gasteiger partial charge in [0, 0.05) is 0 Å². The van der Waals surface area contributed by atoms with E-state index in [-0.39, 0.29) is 0 Å². The third-order valence-corrected chi connectivity index (χ3v) is 2.31. The van der Waals surface area contributed by atoms with E-state index in [2.05, 4.69) is 0 Å². The molecule has 0 spiro atoms. The van der Waals surface area contributed by atoms with E-state index in [0.29, 0.717) is 0 Å². The van der Waals surface area contributed by atoms with Gasteiger partial charge in [0.1, 0.15) is 6.29 Å². The van der Waals surface area contributed by atoms with E-state index in [1.54, 1.807) is 0 Å². The van der Waals surface area contributed by atoms with Crippen LogP contribution in [-0.2, 0) is 4.79 Å². The van der Waals surface area contributed by atoms with Crippen LogP contribution in [0.1, 0.15) is 11.6 Å². The van der Waals surface area contributed by atoms with Crippen LogP contribution in [0.3, 0.4) is 0 Å². The lowest BCUT2D eigenvalue weighted by Gasteiger charge is -2.05. The zero-order valence-corrected chi connectivity index (χ0v) is 7.68. The van der Waals surface area contributed by atoms with E-state index in [1.807, 2.05) is 42.5 Å². The summed E-state index contributed by atoms with van der Waals surface area (Å²) < 4.78 is 0. The first-order valence-electron chi connectivity index (χ1n) is 4.51. The van der Waals surface area contributed by atoms with E-state index in [0.717, 1.165) is 22.6 Å². The van der Waals surface area contributed by atoms with Crippen molar-refractivity contribution >= 4 is 17.1 Å². The fourth-order valence-corrected chi connectivity index (χ4v) is 1.49. The van der Waals surface area contributed by atoms with Gasteiger partial charge in [-0.3, -0.25) is 0 Å². The third-order valence-electron chi connectivity index (χ3n) is 2.31. The van der Waals surface area contributed by atoms with Gasteiger partial charge in [-0.15, -0.1) is 0 Å². The quantitative estimate of drug-likeness (QED) is 0.727. The van der Waals surface area contributed by atoms with Gasteiger partial charge in [0.25, 0.3) is 0 Å². The Hall–Kier alpha value is -1.67. The number of fused-ring (bicyclic) bond motifs is 1. The van der Waals surface area contributed by atoms with Crippen LogP contribution in [0.5, 0.6) is 0 Å². The molecule has 2 heteroatoms. The Morgan fingerprint density at radius 3 is 2.50 bits per heavy atom. The number of carbonyl (C=O) groups excluding carboxylic acids is 1. The topological polar surface area (TPSA) is 43.1 Å². The van der Waals surface area contributed by atoms with Crippen LogP contribution in [0.15, 0.2) is 42.5 Å². The molecule has 0 aromatic heterocycles. The molecule has 2 aromatic carbocycles. The Morgan fingerprint density at radius 2 is 1.79 bits per heavy atom. The van der Waals surface area contributed by atoms with Crippen LogP contribution in [0.4, 0.5) is 0 Å². The fraction of sp³-hybridized carbons (Fsp3) is 0.0833. The molecule has 0 radical (unpaired) electrons. The highest BCUT2D eigenvalue weighted by molar-refractivity contribution is 5.83. The standard InChI is InChI=1S/C12H11NO/c13-12(8-14)11-6-5-9-3-1-2-4-10(9)7-11/h1-8,12H,13H2/t12-/m1/s1. The van der Waals surface area contributed by atoms with E-state index in [1.165, 1.54) is 0 Å². The number of hydrogen-bond acceptors (Lipinski definition) is 2. The van der Waals surface area contributed by atoms with Gasteiger partial charge in [-0.25, -0.2) is 0 Å². The smallest absolute Gasteiger partial charge is 0.141 e. The molecule has 0 fully saturated rings. The molecule has 0 saturated carbocycles. The molecule has 0 heterocycles. The summed E-state index contributed by atoms with van der Waals surface area (Å²) >= 11 is 0. The third kappa shape index (κ3) is 1.52. The van der Waals surface area contributed by atoms with Crippen molar-refractivity contribution in [3.05, 3.63) is 48.0 Å². The van der Waals surface area contributed by atoms with Crippen molar-refractivity contribution in [2.45, 2.75) is 6.04 Å². The molecule has 2 aromatic rings. The van der Waals surface area contributed by atoms with Gasteiger partial charge < -0.3 is 10.5 Å². The SMILES string of the molecule is N[C@H](C=O)c1ccc2ccccc2c1. The van der Waals surface area contributed by atoms with Crippen LogP contribution >= 0.6 is 0 Å². The van der Waals surface area contributed by atoms with E-state index in [9.17, 15) is 4.79 Å². The van der Waals surface area contributed by atoms with Crippen LogP contribution in [0.25, 0.3) is 10.8 Å². The van der Waals surface area contributed by atoms with Gasteiger partial charge in [0.15, 0.2) is 0 Å². The molecule has 0 aliphatic rings. The molecule has 14 heavy (non-hydrogen) atoms. The Morgan fingerprint density at radius 1 is 1.07 bits per heavy atom. The molecule has 2 N–H and O–H groups in total. The number of carbonyl (C=O) groups is 1. The first-order valence-corrected chi connectivity index (χ1v) is 4.51. The monoisotopic (exact) mass is 185 g/mol. The molecule has 0 aliphatic carbocycles. The fourth-order valence-electron chi connectivity index (χ4n) is 1.49. The lowest BCUT2D eigenvalue weighted by molar-refractivity contribution is -0.109. The highest BCUT2D eigenvalue weighted by Crippen LogP contribution is 2.18. The average Bonchev–Trinajstić information content (AvgIpc) is 2.27. The first kappa shape index (κ1) is 8.91. The Labute approximate surface area is 82.3 Å². The molecule has 70 valence electrons. The van der Waals surface area contributed by atoms with Gasteiger partial charge in [0.05, 0.1) is 6.04 Å². The van der Waals surface area contributed by atoms with Crippen molar-refractivity contribution in [2.24, 2.45) is 5.73 Å². The number of rotatable bonds is 2. The molecule has 1 atom stereocenters. The molecule has 0 unspecified atom stereocenters. The summed E-state index contributed by atoms with van der Waals surface area (Å²) in [5, 5.41) is 2.27. The van der Waals surface area contributed by atoms with Gasteiger partial charge >= 0.3 is 0 Å². The second kappa shape index (κ2) is 3.60. The summed E-state index contributed by atoms with van der Waals surface area (Å²) in [4.78, 5) is 10.5. The minimum Gasteiger partial charge on any atom is -0.318 e. The van der Waals surface area contributed by atoms with Crippen LogP contribution in [0.2, 0.25) is 0 Å². The molecule has 0 bridgehead atoms. The highest BCUT2D eigenvalue weighted by atomic mass is 16.1. The number of nitrogens with two attached hydrogens (primary N) is 1. The van der Waals surface area contributed by atoms with Crippen LogP contribution in [0, 0.1) is 0 Å². The van der Waals surface area contributed by atoms with E-state index >= 15 is 0 Å². The summed E-state index contributed by atoms with van der Waals surface area (Å²) in [6.45, 7) is 0. The van der Waals surface area contributed by atoms with Crippen molar-refractivity contribution in [3.8, 4) is 0 Å². The minimum atomic E-state index is -0.514. The Kier molecular flexibility index (Phi) is 2.29. The van der Waals surface area contributed by atoms with Gasteiger partial charge in [-0.05, 0) is 22.4 Å². The number of benzene rings is 2. The maximum atomic E-state index is 10.5. The van der Waals surface area contributed by atoms with E-state index in [4.69, 9.17) is 5.73 Å². The first-order chi connectivity index (χ1) is 6.81. The maximum Gasteiger partial charge on any atom is 0.141 e. The molecule has 2 rings (SSSR count). The normalized spacial score (nSPS) is 12.6. The molecule has 0 saturated heterocycles. The second-order valence-electron chi connectivity index (χ2n) is 3.27. The second-order valence-corrected chi connectivity index (χ2v) is 3.27. The summed E-state index contributed by atoms with van der Waals surface area (Å²) in [5.41, 5.74) is 6.48. The summed E-state index contributed by atoms with van der Waals surface area (Å²) in [5.74, 6) is 0. The van der Waals surface area contributed by atoms with Crippen molar-refractivity contribution in [3.63, 3.8) is 0 Å². The van der Waals surface area contributed by atoms with Crippen molar-refractivity contribution < 1.29 is 4.79 Å². The number of aldehydes is 1. The predicted octanol–water partition coefficient (Wildman–Crippen LogP) is 2.04. The molecule has 2 nitrogen and oxygen atoms in total.